The SMILES string of the molecule is C=C(C)OCC.CCOCCOC.CNC.[HH]. The Hall–Kier alpha value is -0.580. The fourth-order valence-corrected chi connectivity index (χ4v) is 0.533. The van der Waals surface area contributed by atoms with Crippen molar-refractivity contribution in [1.82, 2.24) is 5.32 Å². The molecule has 102 valence electrons. The third-order valence-corrected chi connectivity index (χ3v) is 1.03. The van der Waals surface area contributed by atoms with Gasteiger partial charge in [-0.25, -0.2) is 0 Å². The van der Waals surface area contributed by atoms with Crippen LogP contribution in [-0.4, -0.2) is 47.6 Å². The largest absolute Gasteiger partial charge is 0.499 e. The van der Waals surface area contributed by atoms with Crippen molar-refractivity contribution in [2.24, 2.45) is 0 Å². The zero-order valence-corrected chi connectivity index (χ0v) is 11.8. The Balaban J connectivity index is -0.0000000778. The third kappa shape index (κ3) is 50.2. The molecular formula is C12H31NO3. The first kappa shape index (κ1) is 20.8. The molecule has 0 aliphatic heterocycles. The molecule has 0 saturated heterocycles. The quantitative estimate of drug-likeness (QED) is 0.568. The van der Waals surface area contributed by atoms with Crippen molar-refractivity contribution in [1.29, 1.82) is 0 Å². The zero-order valence-electron chi connectivity index (χ0n) is 11.8. The molecule has 0 aromatic heterocycles. The molecule has 4 nitrogen and oxygen atoms in total. The zero-order chi connectivity index (χ0) is 13.2. The second kappa shape index (κ2) is 23.9. The summed E-state index contributed by atoms with van der Waals surface area (Å²) in [6.45, 7) is 12.2. The maximum Gasteiger partial charge on any atom is 0.0857 e. The number of hydrogen-bond acceptors (Lipinski definition) is 4. The Bertz CT molecular complexity index is 120. The second-order valence-corrected chi connectivity index (χ2v) is 2.82. The number of methoxy groups -OCH3 is 1. The summed E-state index contributed by atoms with van der Waals surface area (Å²) in [5.74, 6) is 0.789. The molecule has 0 aliphatic rings. The van der Waals surface area contributed by atoms with Gasteiger partial charge in [0.25, 0.3) is 0 Å². The molecule has 0 saturated carbocycles. The van der Waals surface area contributed by atoms with Crippen LogP contribution in [0.3, 0.4) is 0 Å². The smallest absolute Gasteiger partial charge is 0.0857 e. The van der Waals surface area contributed by atoms with Gasteiger partial charge >= 0.3 is 0 Å². The van der Waals surface area contributed by atoms with E-state index in [0.29, 0.717) is 13.2 Å². The summed E-state index contributed by atoms with van der Waals surface area (Å²) < 4.78 is 14.5. The summed E-state index contributed by atoms with van der Waals surface area (Å²) in [6.07, 6.45) is 0. The average molecular weight is 237 g/mol. The maximum absolute atomic E-state index is 4.95. The van der Waals surface area contributed by atoms with E-state index in [0.717, 1.165) is 19.0 Å². The number of allylic oxidation sites excluding steroid dienone is 1. The molecule has 0 radical (unpaired) electrons. The summed E-state index contributed by atoms with van der Waals surface area (Å²) in [5, 5.41) is 2.75. The molecule has 16 heavy (non-hydrogen) atoms. The van der Waals surface area contributed by atoms with Crippen molar-refractivity contribution in [3.8, 4) is 0 Å². The average Bonchev–Trinajstić information content (AvgIpc) is 2.20. The maximum atomic E-state index is 4.95. The molecule has 0 spiro atoms. The number of ether oxygens (including phenoxy) is 3. The van der Waals surface area contributed by atoms with E-state index in [-0.39, 0.29) is 1.43 Å². The van der Waals surface area contributed by atoms with E-state index < -0.39 is 0 Å². The Kier molecular flexibility index (Phi) is 31.1. The van der Waals surface area contributed by atoms with Gasteiger partial charge in [0.1, 0.15) is 0 Å². The van der Waals surface area contributed by atoms with Crippen molar-refractivity contribution in [2.45, 2.75) is 20.8 Å². The predicted octanol–water partition coefficient (Wildman–Crippen LogP) is 2.31. The highest BCUT2D eigenvalue weighted by Crippen LogP contribution is 1.85. The van der Waals surface area contributed by atoms with Gasteiger partial charge in [0.15, 0.2) is 0 Å². The summed E-state index contributed by atoms with van der Waals surface area (Å²) in [6, 6.07) is 0. The minimum atomic E-state index is 0. The lowest BCUT2D eigenvalue weighted by atomic mass is 10.6. The molecule has 0 amide bonds. The molecule has 0 atom stereocenters. The van der Waals surface area contributed by atoms with Crippen LogP contribution < -0.4 is 5.32 Å². The van der Waals surface area contributed by atoms with E-state index in [9.17, 15) is 0 Å². The summed E-state index contributed by atoms with van der Waals surface area (Å²) in [7, 11) is 5.42. The standard InChI is InChI=1S/C5H12O2.C5H10O.C2H7N.H2/c1-3-7-5-4-6-2;1-4-6-5(2)3;1-3-2;/h3-5H2,1-2H3;2,4H2,1,3H3;3H,1-2H3;1H. The second-order valence-electron chi connectivity index (χ2n) is 2.82. The molecule has 0 rings (SSSR count). The Labute approximate surface area is 102 Å². The van der Waals surface area contributed by atoms with Crippen molar-refractivity contribution in [2.75, 3.05) is 47.6 Å². The summed E-state index contributed by atoms with van der Waals surface area (Å²) in [4.78, 5) is 0. The van der Waals surface area contributed by atoms with Crippen LogP contribution in [0.2, 0.25) is 0 Å². The monoisotopic (exact) mass is 237 g/mol. The van der Waals surface area contributed by atoms with E-state index >= 15 is 0 Å². The molecule has 1 N–H and O–H groups in total. The fraction of sp³-hybridized carbons (Fsp3) is 0.833. The van der Waals surface area contributed by atoms with Gasteiger partial charge in [-0.2, -0.15) is 0 Å². The number of rotatable bonds is 6. The van der Waals surface area contributed by atoms with Crippen molar-refractivity contribution >= 4 is 0 Å². The van der Waals surface area contributed by atoms with Crippen LogP contribution in [0.5, 0.6) is 0 Å². The third-order valence-electron chi connectivity index (χ3n) is 1.03. The van der Waals surface area contributed by atoms with Crippen LogP contribution in [0, 0.1) is 0 Å². The van der Waals surface area contributed by atoms with Gasteiger partial charge in [0.2, 0.25) is 0 Å². The van der Waals surface area contributed by atoms with Crippen LogP contribution in [0.25, 0.3) is 0 Å². The van der Waals surface area contributed by atoms with Gasteiger partial charge in [-0.05, 0) is 34.9 Å². The van der Waals surface area contributed by atoms with E-state index in [1.54, 1.807) is 7.11 Å². The molecule has 0 aromatic rings. The minimum Gasteiger partial charge on any atom is -0.499 e. The first-order valence-electron chi connectivity index (χ1n) is 5.53. The first-order valence-corrected chi connectivity index (χ1v) is 5.53. The lowest BCUT2D eigenvalue weighted by Gasteiger charge is -1.96. The van der Waals surface area contributed by atoms with Gasteiger partial charge in [-0.1, -0.05) is 6.58 Å². The van der Waals surface area contributed by atoms with Crippen LogP contribution in [-0.2, 0) is 14.2 Å². The normalized spacial score (nSPS) is 8.12. The van der Waals surface area contributed by atoms with E-state index in [2.05, 4.69) is 11.9 Å². The van der Waals surface area contributed by atoms with Crippen LogP contribution in [0.4, 0.5) is 0 Å². The van der Waals surface area contributed by atoms with Gasteiger partial charge in [0.05, 0.1) is 25.6 Å². The molecule has 0 fully saturated rings. The van der Waals surface area contributed by atoms with Crippen LogP contribution in [0.1, 0.15) is 22.2 Å². The Morgan fingerprint density at radius 1 is 1.19 bits per heavy atom. The molecular weight excluding hydrogens is 206 g/mol. The molecule has 0 aliphatic carbocycles. The van der Waals surface area contributed by atoms with E-state index in [1.807, 2.05) is 34.9 Å². The Morgan fingerprint density at radius 3 is 1.88 bits per heavy atom. The number of nitrogens with one attached hydrogen (secondary N) is 1. The first-order chi connectivity index (χ1) is 7.60. The summed E-state index contributed by atoms with van der Waals surface area (Å²) in [5.41, 5.74) is 0. The van der Waals surface area contributed by atoms with Gasteiger partial charge < -0.3 is 19.5 Å². The highest BCUT2D eigenvalue weighted by molar-refractivity contribution is 4.72. The van der Waals surface area contributed by atoms with Crippen molar-refractivity contribution < 1.29 is 15.6 Å². The molecule has 0 bridgehead atoms. The van der Waals surface area contributed by atoms with Gasteiger partial charge in [0, 0.05) is 15.1 Å². The molecule has 0 heterocycles. The Morgan fingerprint density at radius 2 is 1.69 bits per heavy atom. The van der Waals surface area contributed by atoms with Crippen molar-refractivity contribution in [3.05, 3.63) is 12.3 Å². The molecule has 0 aromatic carbocycles. The topological polar surface area (TPSA) is 39.7 Å². The van der Waals surface area contributed by atoms with Gasteiger partial charge in [-0.15, -0.1) is 0 Å². The van der Waals surface area contributed by atoms with E-state index in [1.165, 1.54) is 0 Å². The summed E-state index contributed by atoms with van der Waals surface area (Å²) >= 11 is 0. The van der Waals surface area contributed by atoms with E-state index in [4.69, 9.17) is 14.2 Å². The van der Waals surface area contributed by atoms with Crippen LogP contribution in [0.15, 0.2) is 12.3 Å². The lowest BCUT2D eigenvalue weighted by Crippen LogP contribution is -2.00. The van der Waals surface area contributed by atoms with Crippen LogP contribution >= 0.6 is 0 Å². The predicted molar refractivity (Wildman–Crippen MR) is 71.9 cm³/mol. The number of hydrogen-bond donors (Lipinski definition) is 1. The fourth-order valence-electron chi connectivity index (χ4n) is 0.533. The molecule has 0 unspecified atom stereocenters. The molecule has 4 heteroatoms. The minimum absolute atomic E-state index is 0. The lowest BCUT2D eigenvalue weighted by molar-refractivity contribution is 0.0777. The van der Waals surface area contributed by atoms with Gasteiger partial charge in [-0.3, -0.25) is 0 Å². The highest BCUT2D eigenvalue weighted by Gasteiger charge is 1.78. The highest BCUT2D eigenvalue weighted by atomic mass is 16.5. The van der Waals surface area contributed by atoms with Crippen molar-refractivity contribution in [3.63, 3.8) is 0 Å².